The lowest BCUT2D eigenvalue weighted by Gasteiger charge is -2.50. The molecule has 0 aliphatic carbocycles. The molecule has 0 N–H and O–H groups in total. The molecule has 0 aromatic heterocycles. The molecule has 25 nitrogen and oxygen atoms in total. The van der Waals surface area contributed by atoms with E-state index in [-0.39, 0.29) is 0 Å². The van der Waals surface area contributed by atoms with Crippen LogP contribution in [0, 0.1) is 0 Å². The molecule has 0 saturated carbocycles. The third kappa shape index (κ3) is 15.8. The van der Waals surface area contributed by atoms with Gasteiger partial charge in [-0.15, -0.1) is 12.6 Å². The van der Waals surface area contributed by atoms with E-state index in [1.54, 1.807) is 0 Å². The van der Waals surface area contributed by atoms with E-state index in [9.17, 15) is 47.9 Å². The second kappa shape index (κ2) is 24.2. The van der Waals surface area contributed by atoms with Gasteiger partial charge < -0.3 is 71.1 Å². The van der Waals surface area contributed by atoms with Crippen molar-refractivity contribution in [2.75, 3.05) is 19.8 Å². The van der Waals surface area contributed by atoms with Gasteiger partial charge in [-0.1, -0.05) is 0 Å². The number of ether oxygens (including phenoxy) is 15. The summed E-state index contributed by atoms with van der Waals surface area (Å²) in [5, 5.41) is 0. The Kier molecular flexibility index (Phi) is 20.1. The molecule has 0 radical (unpaired) electrons. The summed E-state index contributed by atoms with van der Waals surface area (Å²) in [5.41, 5.74) is -1.32. The van der Waals surface area contributed by atoms with Gasteiger partial charge in [0.2, 0.25) is 0 Å². The molecule has 0 unspecified atom stereocenters. The number of thiol groups is 1. The van der Waals surface area contributed by atoms with Crippen LogP contribution in [0.15, 0.2) is 0 Å². The Bertz CT molecular complexity index is 1740. The van der Waals surface area contributed by atoms with Crippen molar-refractivity contribution in [3.63, 3.8) is 0 Å². The van der Waals surface area contributed by atoms with Crippen molar-refractivity contribution in [3.05, 3.63) is 0 Å². The highest BCUT2D eigenvalue weighted by atomic mass is 32.1. The molecular formula is C38H52O25S. The summed E-state index contributed by atoms with van der Waals surface area (Å²) in [4.78, 5) is 124. The minimum atomic E-state index is -1.97. The fraction of sp³-hybridized carbons (Fsp3) is 0.737. The van der Waals surface area contributed by atoms with E-state index in [4.69, 9.17) is 71.1 Å². The van der Waals surface area contributed by atoms with Gasteiger partial charge in [-0.25, -0.2) is 0 Å². The molecule has 0 bridgehead atoms. The van der Waals surface area contributed by atoms with Crippen LogP contribution in [0.2, 0.25) is 0 Å². The first-order valence-corrected chi connectivity index (χ1v) is 20.0. The minimum Gasteiger partial charge on any atom is -0.463 e. The number of carbonyl (C=O) groups is 10. The molecule has 3 saturated heterocycles. The summed E-state index contributed by atoms with van der Waals surface area (Å²) in [6, 6.07) is 0. The Hall–Kier alpha value is -5.15. The third-order valence-electron chi connectivity index (χ3n) is 8.84. The summed E-state index contributed by atoms with van der Waals surface area (Å²) < 4.78 is 85.2. The second-order valence-corrected chi connectivity index (χ2v) is 14.8. The fourth-order valence-electron chi connectivity index (χ4n) is 6.77. The van der Waals surface area contributed by atoms with Gasteiger partial charge >= 0.3 is 59.7 Å². The van der Waals surface area contributed by atoms with E-state index in [0.29, 0.717) is 0 Å². The quantitative estimate of drug-likeness (QED) is 0.105. The van der Waals surface area contributed by atoms with Crippen LogP contribution >= 0.6 is 12.6 Å². The first-order valence-electron chi connectivity index (χ1n) is 19.4. The summed E-state index contributed by atoms with van der Waals surface area (Å²) in [6.45, 7) is 8.08. The standard InChI is InChI=1S/C38H52O25S/c1-14(39)49-11-24-27(52-17(4)42)30(53-18(5)43)33(56-21(8)46)36(59-24)62-28-25(12-50-15(2)40)60-37(34(57-22(9)47)31(28)54-19(6)44)63-29-26(13-51-16(3)41)61-38(64)35(58-23(10)48)32(29)55-20(7)45/h24-38,64H,11-13H2,1-10H3/t24-,25-,26-,27-,28-,29-,30+,31+,32+,33-,34-,35-,36+,37+,38+/m1/s1. The average molecular weight is 941 g/mol. The molecule has 15 atom stereocenters. The zero-order valence-corrected chi connectivity index (χ0v) is 37.3. The second-order valence-electron chi connectivity index (χ2n) is 14.3. The lowest BCUT2D eigenvalue weighted by molar-refractivity contribution is -0.372. The molecule has 3 heterocycles. The van der Waals surface area contributed by atoms with Crippen molar-refractivity contribution in [2.45, 2.75) is 161 Å². The molecule has 0 aromatic rings. The van der Waals surface area contributed by atoms with Crippen molar-refractivity contribution >= 4 is 72.3 Å². The molecule has 64 heavy (non-hydrogen) atoms. The van der Waals surface area contributed by atoms with Crippen molar-refractivity contribution in [1.29, 1.82) is 0 Å². The van der Waals surface area contributed by atoms with Gasteiger partial charge in [0, 0.05) is 69.2 Å². The molecule has 26 heteroatoms. The van der Waals surface area contributed by atoms with E-state index in [1.807, 2.05) is 0 Å². The van der Waals surface area contributed by atoms with Gasteiger partial charge in [0.05, 0.1) is 0 Å². The summed E-state index contributed by atoms with van der Waals surface area (Å²) >= 11 is 4.35. The largest absolute Gasteiger partial charge is 0.463 e. The number of carbonyl (C=O) groups excluding carboxylic acids is 10. The molecule has 3 rings (SSSR count). The number of rotatable bonds is 17. The maximum absolute atomic E-state index is 12.9. The van der Waals surface area contributed by atoms with Crippen LogP contribution in [0.4, 0.5) is 0 Å². The average Bonchev–Trinajstić information content (AvgIpc) is 3.15. The lowest BCUT2D eigenvalue weighted by Crippen LogP contribution is -2.68. The van der Waals surface area contributed by atoms with Crippen molar-refractivity contribution in [2.24, 2.45) is 0 Å². The first kappa shape index (κ1) is 53.2. The van der Waals surface area contributed by atoms with Crippen LogP contribution in [-0.2, 0) is 119 Å². The molecule has 0 spiro atoms. The summed E-state index contributed by atoms with van der Waals surface area (Å²) in [6.07, 6.45) is -24.2. The van der Waals surface area contributed by atoms with E-state index >= 15 is 0 Å². The van der Waals surface area contributed by atoms with Crippen LogP contribution < -0.4 is 0 Å². The van der Waals surface area contributed by atoms with E-state index in [1.165, 1.54) is 0 Å². The first-order chi connectivity index (χ1) is 29.9. The Morgan fingerprint density at radius 3 is 0.906 bits per heavy atom. The van der Waals surface area contributed by atoms with E-state index in [2.05, 4.69) is 12.6 Å². The Morgan fingerprint density at radius 1 is 0.328 bits per heavy atom. The highest BCUT2D eigenvalue weighted by Gasteiger charge is 2.59. The summed E-state index contributed by atoms with van der Waals surface area (Å²) in [5.74, 6) is -9.25. The van der Waals surface area contributed by atoms with Crippen LogP contribution in [0.5, 0.6) is 0 Å². The van der Waals surface area contributed by atoms with Crippen molar-refractivity contribution < 1.29 is 119 Å². The van der Waals surface area contributed by atoms with Crippen molar-refractivity contribution in [1.82, 2.24) is 0 Å². The van der Waals surface area contributed by atoms with Crippen LogP contribution in [-0.4, -0.2) is 171 Å². The zero-order valence-electron chi connectivity index (χ0n) is 36.4. The van der Waals surface area contributed by atoms with Gasteiger partial charge in [0.25, 0.3) is 0 Å². The highest BCUT2D eigenvalue weighted by molar-refractivity contribution is 7.80. The predicted octanol–water partition coefficient (Wildman–Crippen LogP) is -0.927. The fourth-order valence-corrected chi connectivity index (χ4v) is 7.16. The molecule has 0 aromatic carbocycles. The van der Waals surface area contributed by atoms with Crippen LogP contribution in [0.3, 0.4) is 0 Å². The van der Waals surface area contributed by atoms with Crippen LogP contribution in [0.25, 0.3) is 0 Å². The lowest BCUT2D eigenvalue weighted by atomic mass is 9.95. The van der Waals surface area contributed by atoms with Gasteiger partial charge in [0.15, 0.2) is 55.3 Å². The van der Waals surface area contributed by atoms with E-state index < -0.39 is 171 Å². The van der Waals surface area contributed by atoms with Crippen molar-refractivity contribution in [3.8, 4) is 0 Å². The predicted molar refractivity (Wildman–Crippen MR) is 203 cm³/mol. The monoisotopic (exact) mass is 940 g/mol. The van der Waals surface area contributed by atoms with E-state index in [0.717, 1.165) is 69.2 Å². The molecule has 3 fully saturated rings. The van der Waals surface area contributed by atoms with Gasteiger partial charge in [-0.3, -0.25) is 47.9 Å². The maximum Gasteiger partial charge on any atom is 0.303 e. The highest BCUT2D eigenvalue weighted by Crippen LogP contribution is 2.38. The Labute approximate surface area is 371 Å². The number of hydrogen-bond donors (Lipinski definition) is 1. The molecule has 0 amide bonds. The molecule has 3 aliphatic heterocycles. The molecule has 3 aliphatic rings. The molecule has 360 valence electrons. The topological polar surface area (TPSA) is 309 Å². The number of hydrogen-bond acceptors (Lipinski definition) is 26. The maximum atomic E-state index is 12.9. The normalized spacial score (nSPS) is 32.3. The summed E-state index contributed by atoms with van der Waals surface area (Å²) in [7, 11) is 0. The SMILES string of the molecule is CC(=O)OC[C@H]1O[C@@H](S)[C@H](OC(C)=O)[C@@H](OC(C)=O)[C@@H]1O[C@@H]1O[C@H](COC(C)=O)[C@@H](O[C@@H]2O[C@H](COC(C)=O)[C@@H](OC(C)=O)[C@H](OC(C)=O)[C@H]2OC(C)=O)[C@H](OC(C)=O)[C@H]1OC(C)=O. The van der Waals surface area contributed by atoms with Crippen LogP contribution in [0.1, 0.15) is 69.2 Å². The number of esters is 10. The molecular weight excluding hydrogens is 888 g/mol. The van der Waals surface area contributed by atoms with Gasteiger partial charge in [0.1, 0.15) is 55.8 Å². The Morgan fingerprint density at radius 2 is 0.578 bits per heavy atom. The minimum absolute atomic E-state index is 0.592. The zero-order chi connectivity index (χ0) is 48.2. The third-order valence-corrected chi connectivity index (χ3v) is 9.26. The Balaban J connectivity index is 2.28. The smallest absolute Gasteiger partial charge is 0.303 e. The van der Waals surface area contributed by atoms with Gasteiger partial charge in [-0.2, -0.15) is 0 Å². The van der Waals surface area contributed by atoms with Gasteiger partial charge in [-0.05, 0) is 0 Å².